The van der Waals surface area contributed by atoms with Crippen LogP contribution in [0.3, 0.4) is 0 Å². The first kappa shape index (κ1) is 15.2. The van der Waals surface area contributed by atoms with Gasteiger partial charge in [0.1, 0.15) is 12.4 Å². The number of hydrogen-bond donors (Lipinski definition) is 1. The van der Waals surface area contributed by atoms with Gasteiger partial charge in [-0.1, -0.05) is 18.2 Å². The van der Waals surface area contributed by atoms with Crippen LogP contribution in [-0.2, 0) is 13.2 Å². The molecule has 0 aliphatic carbocycles. The largest absolute Gasteiger partial charge is 0.496 e. The second-order valence-corrected chi connectivity index (χ2v) is 4.79. The van der Waals surface area contributed by atoms with Gasteiger partial charge in [0, 0.05) is 12.1 Å². The van der Waals surface area contributed by atoms with E-state index in [0.29, 0.717) is 13.2 Å². The van der Waals surface area contributed by atoms with Gasteiger partial charge in [-0.15, -0.1) is 0 Å². The molecule has 4 nitrogen and oxygen atoms in total. The Bertz CT molecular complexity index is 611. The zero-order chi connectivity index (χ0) is 15.2. The number of methoxy groups -OCH3 is 2. The molecule has 0 amide bonds. The van der Waals surface area contributed by atoms with Crippen molar-refractivity contribution in [1.82, 2.24) is 0 Å². The molecule has 2 rings (SSSR count). The van der Waals surface area contributed by atoms with Gasteiger partial charge in [0.15, 0.2) is 11.5 Å². The van der Waals surface area contributed by atoms with Crippen LogP contribution in [0.15, 0.2) is 36.4 Å². The topological polar surface area (TPSA) is 53.7 Å². The molecule has 0 radical (unpaired) electrons. The lowest BCUT2D eigenvalue weighted by molar-refractivity contribution is 0.283. The predicted molar refractivity (Wildman–Crippen MR) is 82.9 cm³/mol. The summed E-state index contributed by atoms with van der Waals surface area (Å²) < 4.78 is 16.5. The number of rotatable bonds is 6. The second-order valence-electron chi connectivity index (χ2n) is 4.79. The Hall–Kier alpha value is -2.20. The van der Waals surface area contributed by atoms with Gasteiger partial charge < -0.3 is 19.9 Å². The Morgan fingerprint density at radius 2 is 1.67 bits per heavy atom. The summed E-state index contributed by atoms with van der Waals surface area (Å²) in [6.07, 6.45) is 0. The number of benzene rings is 2. The minimum atomic E-state index is 0.445. The molecule has 0 spiro atoms. The number of nitrogens with two attached hydrogens (primary N) is 1. The molecular weight excluding hydrogens is 266 g/mol. The quantitative estimate of drug-likeness (QED) is 0.887. The van der Waals surface area contributed by atoms with Crippen molar-refractivity contribution in [2.45, 2.75) is 20.1 Å². The summed E-state index contributed by atoms with van der Waals surface area (Å²) in [5.74, 6) is 2.25. The van der Waals surface area contributed by atoms with Gasteiger partial charge in [-0.2, -0.15) is 0 Å². The molecule has 0 heterocycles. The highest BCUT2D eigenvalue weighted by molar-refractivity contribution is 5.43. The van der Waals surface area contributed by atoms with E-state index in [1.165, 1.54) is 0 Å². The molecule has 0 aliphatic heterocycles. The third kappa shape index (κ3) is 3.67. The van der Waals surface area contributed by atoms with Crippen LogP contribution in [0.4, 0.5) is 0 Å². The Kier molecular flexibility index (Phi) is 5.06. The summed E-state index contributed by atoms with van der Waals surface area (Å²) in [5, 5.41) is 0. The third-order valence-corrected chi connectivity index (χ3v) is 3.28. The molecule has 0 saturated heterocycles. The van der Waals surface area contributed by atoms with E-state index in [-0.39, 0.29) is 0 Å². The monoisotopic (exact) mass is 287 g/mol. The summed E-state index contributed by atoms with van der Waals surface area (Å²) in [5.41, 5.74) is 8.80. The Morgan fingerprint density at radius 1 is 0.905 bits per heavy atom. The van der Waals surface area contributed by atoms with Crippen LogP contribution in [0.5, 0.6) is 17.2 Å². The van der Waals surface area contributed by atoms with Crippen LogP contribution in [0.1, 0.15) is 16.7 Å². The predicted octanol–water partition coefficient (Wildman–Crippen LogP) is 3.05. The van der Waals surface area contributed by atoms with E-state index in [1.807, 2.05) is 43.3 Å². The molecule has 0 fully saturated rings. The van der Waals surface area contributed by atoms with Gasteiger partial charge in [0.25, 0.3) is 0 Å². The van der Waals surface area contributed by atoms with E-state index in [4.69, 9.17) is 19.9 Å². The first-order valence-electron chi connectivity index (χ1n) is 6.81. The first-order valence-corrected chi connectivity index (χ1v) is 6.81. The molecule has 112 valence electrons. The van der Waals surface area contributed by atoms with Crippen molar-refractivity contribution in [3.8, 4) is 17.2 Å². The van der Waals surface area contributed by atoms with E-state index in [2.05, 4.69) is 0 Å². The summed E-state index contributed by atoms with van der Waals surface area (Å²) in [6.45, 7) is 2.92. The zero-order valence-corrected chi connectivity index (χ0v) is 12.7. The van der Waals surface area contributed by atoms with Gasteiger partial charge in [-0.05, 0) is 36.2 Å². The Labute approximate surface area is 125 Å². The molecule has 0 aliphatic rings. The van der Waals surface area contributed by atoms with Gasteiger partial charge in [0.2, 0.25) is 0 Å². The highest BCUT2D eigenvalue weighted by Crippen LogP contribution is 2.29. The average Bonchev–Trinajstić information content (AvgIpc) is 2.53. The molecule has 2 aromatic carbocycles. The summed E-state index contributed by atoms with van der Waals surface area (Å²) in [7, 11) is 3.28. The summed E-state index contributed by atoms with van der Waals surface area (Å²) >= 11 is 0. The van der Waals surface area contributed by atoms with E-state index < -0.39 is 0 Å². The smallest absolute Gasteiger partial charge is 0.161 e. The van der Waals surface area contributed by atoms with Crippen LogP contribution >= 0.6 is 0 Å². The number of hydrogen-bond acceptors (Lipinski definition) is 4. The lowest BCUT2D eigenvalue weighted by atomic mass is 10.1. The van der Waals surface area contributed by atoms with Crippen molar-refractivity contribution in [2.75, 3.05) is 14.2 Å². The molecule has 21 heavy (non-hydrogen) atoms. The summed E-state index contributed by atoms with van der Waals surface area (Å²) in [6, 6.07) is 11.8. The number of aryl methyl sites for hydroxylation is 1. The zero-order valence-electron chi connectivity index (χ0n) is 12.7. The average molecular weight is 287 g/mol. The standard InChI is InChI=1S/C17H21NO3/c1-12-4-7-15(17(8-12)20-3)21-11-13-5-6-14(10-18)16(9-13)19-2/h4-9H,10-11,18H2,1-3H3. The minimum absolute atomic E-state index is 0.445. The fourth-order valence-electron chi connectivity index (χ4n) is 2.10. The molecule has 2 aromatic rings. The fraction of sp³-hybridized carbons (Fsp3) is 0.294. The highest BCUT2D eigenvalue weighted by atomic mass is 16.5. The normalized spacial score (nSPS) is 10.3. The van der Waals surface area contributed by atoms with Gasteiger partial charge in [0.05, 0.1) is 14.2 Å². The molecule has 2 N–H and O–H groups in total. The SMILES string of the molecule is COc1cc(COc2ccc(C)cc2OC)ccc1CN. The van der Waals surface area contributed by atoms with Crippen molar-refractivity contribution in [2.24, 2.45) is 5.73 Å². The van der Waals surface area contributed by atoms with Crippen molar-refractivity contribution in [3.63, 3.8) is 0 Å². The van der Waals surface area contributed by atoms with Crippen LogP contribution in [0, 0.1) is 6.92 Å². The molecule has 0 bridgehead atoms. The molecule has 4 heteroatoms. The lowest BCUT2D eigenvalue weighted by Crippen LogP contribution is -2.02. The third-order valence-electron chi connectivity index (χ3n) is 3.28. The van der Waals surface area contributed by atoms with Crippen LogP contribution in [-0.4, -0.2) is 14.2 Å². The van der Waals surface area contributed by atoms with Crippen LogP contribution in [0.2, 0.25) is 0 Å². The van der Waals surface area contributed by atoms with E-state index in [1.54, 1.807) is 14.2 Å². The highest BCUT2D eigenvalue weighted by Gasteiger charge is 2.07. The fourth-order valence-corrected chi connectivity index (χ4v) is 2.10. The molecule has 0 unspecified atom stereocenters. The van der Waals surface area contributed by atoms with Crippen molar-refractivity contribution < 1.29 is 14.2 Å². The van der Waals surface area contributed by atoms with Crippen LogP contribution < -0.4 is 19.9 Å². The van der Waals surface area contributed by atoms with Gasteiger partial charge in [-0.25, -0.2) is 0 Å². The minimum Gasteiger partial charge on any atom is -0.496 e. The van der Waals surface area contributed by atoms with Crippen molar-refractivity contribution in [1.29, 1.82) is 0 Å². The maximum Gasteiger partial charge on any atom is 0.161 e. The lowest BCUT2D eigenvalue weighted by Gasteiger charge is -2.13. The Balaban J connectivity index is 2.13. The van der Waals surface area contributed by atoms with Gasteiger partial charge >= 0.3 is 0 Å². The summed E-state index contributed by atoms with van der Waals surface area (Å²) in [4.78, 5) is 0. The van der Waals surface area contributed by atoms with E-state index >= 15 is 0 Å². The van der Waals surface area contributed by atoms with Crippen LogP contribution in [0.25, 0.3) is 0 Å². The molecule has 0 aromatic heterocycles. The maximum absolute atomic E-state index is 5.83. The van der Waals surface area contributed by atoms with E-state index in [9.17, 15) is 0 Å². The Morgan fingerprint density at radius 3 is 2.33 bits per heavy atom. The molecule has 0 atom stereocenters. The first-order chi connectivity index (χ1) is 10.2. The molecule has 0 saturated carbocycles. The van der Waals surface area contributed by atoms with Crippen molar-refractivity contribution >= 4 is 0 Å². The van der Waals surface area contributed by atoms with E-state index in [0.717, 1.165) is 33.9 Å². The van der Waals surface area contributed by atoms with Crippen molar-refractivity contribution in [3.05, 3.63) is 53.1 Å². The number of ether oxygens (including phenoxy) is 3. The maximum atomic E-state index is 5.83. The van der Waals surface area contributed by atoms with Gasteiger partial charge in [-0.3, -0.25) is 0 Å². The molecular formula is C17H21NO3. The second kappa shape index (κ2) is 6.99.